The maximum atomic E-state index is 12.1. The normalized spacial score (nSPS) is 10.6. The zero-order valence-electron chi connectivity index (χ0n) is 14.1. The first kappa shape index (κ1) is 18.4. The number of hydrogen-bond donors (Lipinski definition) is 1. The van der Waals surface area contributed by atoms with Gasteiger partial charge in [0.25, 0.3) is 5.91 Å². The Morgan fingerprint density at radius 1 is 0.852 bits per heavy atom. The molecule has 5 nitrogen and oxygen atoms in total. The van der Waals surface area contributed by atoms with Gasteiger partial charge in [-0.25, -0.2) is 10.2 Å². The number of nitrogens with one attached hydrogen (secondary N) is 1. The minimum atomic E-state index is -0.469. The summed E-state index contributed by atoms with van der Waals surface area (Å²) in [5.74, 6) is -0.357. The number of nitrogens with zero attached hydrogens (tertiary/aromatic N) is 1. The van der Waals surface area contributed by atoms with Crippen LogP contribution in [0.3, 0.4) is 0 Å². The third-order valence-electron chi connectivity index (χ3n) is 3.59. The molecule has 0 atom stereocenters. The number of halogens is 1. The molecule has 134 valence electrons. The second kappa shape index (κ2) is 8.78. The predicted octanol–water partition coefficient (Wildman–Crippen LogP) is 4.32. The van der Waals surface area contributed by atoms with Crippen molar-refractivity contribution in [2.75, 3.05) is 0 Å². The number of carbonyl (C=O) groups is 2. The van der Waals surface area contributed by atoms with Gasteiger partial charge in [0.2, 0.25) is 0 Å². The summed E-state index contributed by atoms with van der Waals surface area (Å²) in [6.45, 7) is 0. The zero-order chi connectivity index (χ0) is 19.1. The van der Waals surface area contributed by atoms with Gasteiger partial charge in [0.15, 0.2) is 0 Å². The first-order valence-electron chi connectivity index (χ1n) is 8.08. The SMILES string of the molecule is O=C(N/N=C/c1ccc(OC(=O)c2ccc(Cl)cc2)cc1)c1ccccc1. The summed E-state index contributed by atoms with van der Waals surface area (Å²) in [7, 11) is 0. The van der Waals surface area contributed by atoms with Crippen LogP contribution in [0.15, 0.2) is 84.0 Å². The average molecular weight is 379 g/mol. The molecule has 0 radical (unpaired) electrons. The molecule has 1 amide bonds. The summed E-state index contributed by atoms with van der Waals surface area (Å²) in [6.07, 6.45) is 1.51. The molecular formula is C21H15ClN2O3. The molecule has 0 spiro atoms. The average Bonchev–Trinajstić information content (AvgIpc) is 2.70. The van der Waals surface area contributed by atoms with Gasteiger partial charge >= 0.3 is 5.97 Å². The molecule has 3 aromatic carbocycles. The van der Waals surface area contributed by atoms with E-state index in [0.717, 1.165) is 5.56 Å². The molecule has 0 saturated heterocycles. The van der Waals surface area contributed by atoms with Crippen LogP contribution in [-0.4, -0.2) is 18.1 Å². The van der Waals surface area contributed by atoms with Crippen molar-refractivity contribution >= 4 is 29.7 Å². The summed E-state index contributed by atoms with van der Waals surface area (Å²) in [4.78, 5) is 23.9. The molecule has 6 heteroatoms. The molecule has 0 bridgehead atoms. The Balaban J connectivity index is 1.56. The predicted molar refractivity (Wildman–Crippen MR) is 104 cm³/mol. The van der Waals surface area contributed by atoms with E-state index in [0.29, 0.717) is 21.9 Å². The van der Waals surface area contributed by atoms with Crippen molar-refractivity contribution in [1.82, 2.24) is 5.43 Å². The van der Waals surface area contributed by atoms with Crippen molar-refractivity contribution in [3.05, 3.63) is 101 Å². The van der Waals surface area contributed by atoms with Gasteiger partial charge in [-0.2, -0.15) is 5.10 Å². The fraction of sp³-hybridized carbons (Fsp3) is 0. The van der Waals surface area contributed by atoms with Gasteiger partial charge in [-0.15, -0.1) is 0 Å². The van der Waals surface area contributed by atoms with Crippen LogP contribution in [0.1, 0.15) is 26.3 Å². The van der Waals surface area contributed by atoms with Crippen molar-refractivity contribution in [2.45, 2.75) is 0 Å². The molecule has 0 aliphatic carbocycles. The Hall–Kier alpha value is -3.44. The molecule has 3 rings (SSSR count). The van der Waals surface area contributed by atoms with Crippen molar-refractivity contribution in [3.8, 4) is 5.75 Å². The second-order valence-electron chi connectivity index (χ2n) is 5.53. The number of esters is 1. The molecule has 0 aromatic heterocycles. The van der Waals surface area contributed by atoms with Crippen LogP contribution in [0.4, 0.5) is 0 Å². The summed E-state index contributed by atoms with van der Waals surface area (Å²) >= 11 is 5.80. The maximum absolute atomic E-state index is 12.1. The number of hydrazone groups is 1. The van der Waals surface area contributed by atoms with Crippen LogP contribution >= 0.6 is 11.6 Å². The third-order valence-corrected chi connectivity index (χ3v) is 3.84. The highest BCUT2D eigenvalue weighted by Crippen LogP contribution is 2.15. The van der Waals surface area contributed by atoms with Gasteiger partial charge < -0.3 is 4.74 Å². The van der Waals surface area contributed by atoms with Gasteiger partial charge in [-0.05, 0) is 66.2 Å². The van der Waals surface area contributed by atoms with E-state index >= 15 is 0 Å². The van der Waals surface area contributed by atoms with Crippen LogP contribution in [0.5, 0.6) is 5.75 Å². The zero-order valence-corrected chi connectivity index (χ0v) is 14.9. The Labute approximate surface area is 161 Å². The molecule has 0 heterocycles. The highest BCUT2D eigenvalue weighted by atomic mass is 35.5. The van der Waals surface area contributed by atoms with Crippen LogP contribution < -0.4 is 10.2 Å². The number of rotatable bonds is 5. The fourth-order valence-electron chi connectivity index (χ4n) is 2.19. The van der Waals surface area contributed by atoms with E-state index in [1.165, 1.54) is 6.21 Å². The molecular weight excluding hydrogens is 364 g/mol. The van der Waals surface area contributed by atoms with Crippen LogP contribution in [0.25, 0.3) is 0 Å². The first-order valence-corrected chi connectivity index (χ1v) is 8.46. The second-order valence-corrected chi connectivity index (χ2v) is 5.97. The first-order chi connectivity index (χ1) is 13.1. The van der Waals surface area contributed by atoms with E-state index in [-0.39, 0.29) is 5.91 Å². The molecule has 27 heavy (non-hydrogen) atoms. The van der Waals surface area contributed by atoms with Crippen molar-refractivity contribution in [3.63, 3.8) is 0 Å². The molecule has 3 aromatic rings. The standard InChI is InChI=1S/C21H15ClN2O3/c22-18-10-8-17(9-11-18)21(26)27-19-12-6-15(7-13-19)14-23-24-20(25)16-4-2-1-3-5-16/h1-14H,(H,24,25)/b23-14+. The fourth-order valence-corrected chi connectivity index (χ4v) is 2.32. The smallest absolute Gasteiger partial charge is 0.343 e. The lowest BCUT2D eigenvalue weighted by Gasteiger charge is -2.04. The summed E-state index contributed by atoms with van der Waals surface area (Å²) < 4.78 is 5.30. The van der Waals surface area contributed by atoms with Gasteiger partial charge in [-0.1, -0.05) is 29.8 Å². The summed E-state index contributed by atoms with van der Waals surface area (Å²) in [5, 5.41) is 4.47. The van der Waals surface area contributed by atoms with Crippen LogP contribution in [0.2, 0.25) is 5.02 Å². The third kappa shape index (κ3) is 5.26. The summed E-state index contributed by atoms with van der Waals surface area (Å²) in [5.41, 5.74) is 4.14. The van der Waals surface area contributed by atoms with E-state index in [9.17, 15) is 9.59 Å². The minimum Gasteiger partial charge on any atom is -0.423 e. The molecule has 0 aliphatic heterocycles. The van der Waals surface area contributed by atoms with Crippen LogP contribution in [-0.2, 0) is 0 Å². The lowest BCUT2D eigenvalue weighted by molar-refractivity contribution is 0.0734. The van der Waals surface area contributed by atoms with E-state index in [1.54, 1.807) is 72.8 Å². The topological polar surface area (TPSA) is 67.8 Å². The number of ether oxygens (including phenoxy) is 1. The van der Waals surface area contributed by atoms with Gasteiger partial charge in [0, 0.05) is 10.6 Å². The van der Waals surface area contributed by atoms with E-state index < -0.39 is 5.97 Å². The van der Waals surface area contributed by atoms with Gasteiger partial charge in [0.1, 0.15) is 5.75 Å². The summed E-state index contributed by atoms with van der Waals surface area (Å²) in [6, 6.07) is 22.0. The quantitative estimate of drug-likeness (QED) is 0.311. The largest absolute Gasteiger partial charge is 0.423 e. The number of hydrogen-bond acceptors (Lipinski definition) is 4. The van der Waals surface area contributed by atoms with Crippen molar-refractivity contribution < 1.29 is 14.3 Å². The monoisotopic (exact) mass is 378 g/mol. The molecule has 0 unspecified atom stereocenters. The molecule has 1 N–H and O–H groups in total. The van der Waals surface area contributed by atoms with Gasteiger partial charge in [-0.3, -0.25) is 4.79 Å². The Kier molecular flexibility index (Phi) is 5.97. The molecule has 0 saturated carbocycles. The van der Waals surface area contributed by atoms with E-state index in [1.807, 2.05) is 6.07 Å². The number of benzene rings is 3. The van der Waals surface area contributed by atoms with Crippen molar-refractivity contribution in [2.24, 2.45) is 5.10 Å². The van der Waals surface area contributed by atoms with E-state index in [2.05, 4.69) is 10.5 Å². The minimum absolute atomic E-state index is 0.291. The Morgan fingerprint density at radius 3 is 2.19 bits per heavy atom. The van der Waals surface area contributed by atoms with Crippen molar-refractivity contribution in [1.29, 1.82) is 0 Å². The molecule has 0 fully saturated rings. The number of amides is 1. The van der Waals surface area contributed by atoms with E-state index in [4.69, 9.17) is 16.3 Å². The van der Waals surface area contributed by atoms with Crippen LogP contribution in [0, 0.1) is 0 Å². The maximum Gasteiger partial charge on any atom is 0.343 e. The number of carbonyl (C=O) groups excluding carboxylic acids is 2. The highest BCUT2D eigenvalue weighted by molar-refractivity contribution is 6.30. The lowest BCUT2D eigenvalue weighted by atomic mass is 10.2. The highest BCUT2D eigenvalue weighted by Gasteiger charge is 2.08. The Morgan fingerprint density at radius 2 is 1.52 bits per heavy atom. The van der Waals surface area contributed by atoms with Gasteiger partial charge in [0.05, 0.1) is 11.8 Å². The Bertz CT molecular complexity index is 953. The molecule has 0 aliphatic rings. The lowest BCUT2D eigenvalue weighted by Crippen LogP contribution is -2.17.